The first-order valence-corrected chi connectivity index (χ1v) is 9.63. The lowest BCUT2D eigenvalue weighted by Gasteiger charge is -2.21. The summed E-state index contributed by atoms with van der Waals surface area (Å²) >= 11 is 1.75. The van der Waals surface area contributed by atoms with Crippen molar-refractivity contribution in [3.63, 3.8) is 0 Å². The SMILES string of the molecule is Cc1ccc(SCC#CCC#CCC#CCOC2CCCCO2)cc1. The maximum atomic E-state index is 5.53. The molecule has 0 spiro atoms. The molecular weight excluding hydrogens is 328 g/mol. The summed E-state index contributed by atoms with van der Waals surface area (Å²) in [6.45, 7) is 3.31. The minimum Gasteiger partial charge on any atom is -0.353 e. The van der Waals surface area contributed by atoms with Crippen LogP contribution >= 0.6 is 11.8 Å². The van der Waals surface area contributed by atoms with Crippen LogP contribution in [-0.4, -0.2) is 25.3 Å². The molecule has 1 saturated heterocycles. The predicted molar refractivity (Wildman–Crippen MR) is 104 cm³/mol. The molecule has 25 heavy (non-hydrogen) atoms. The number of ether oxygens (including phenoxy) is 2. The molecule has 1 fully saturated rings. The summed E-state index contributed by atoms with van der Waals surface area (Å²) in [6, 6.07) is 8.50. The van der Waals surface area contributed by atoms with E-state index >= 15 is 0 Å². The van der Waals surface area contributed by atoms with Gasteiger partial charge in [0.25, 0.3) is 0 Å². The van der Waals surface area contributed by atoms with E-state index in [0.29, 0.717) is 19.4 Å². The number of aryl methyl sites for hydroxylation is 1. The molecular formula is C22H24O2S. The molecule has 0 amide bonds. The van der Waals surface area contributed by atoms with Gasteiger partial charge in [0.15, 0.2) is 6.29 Å². The van der Waals surface area contributed by atoms with Crippen LogP contribution < -0.4 is 0 Å². The molecule has 130 valence electrons. The van der Waals surface area contributed by atoms with Crippen LogP contribution in [0.15, 0.2) is 29.2 Å². The van der Waals surface area contributed by atoms with Gasteiger partial charge in [-0.15, -0.1) is 11.8 Å². The Hall–Kier alpha value is -1.83. The van der Waals surface area contributed by atoms with Crippen LogP contribution in [0.5, 0.6) is 0 Å². The van der Waals surface area contributed by atoms with E-state index in [-0.39, 0.29) is 6.29 Å². The number of benzene rings is 1. The molecule has 1 aliphatic heterocycles. The molecule has 1 heterocycles. The molecule has 0 N–H and O–H groups in total. The van der Waals surface area contributed by atoms with Gasteiger partial charge in [-0.05, 0) is 38.3 Å². The molecule has 2 rings (SSSR count). The zero-order valence-corrected chi connectivity index (χ0v) is 15.6. The van der Waals surface area contributed by atoms with Crippen LogP contribution in [0.25, 0.3) is 0 Å². The van der Waals surface area contributed by atoms with Crippen molar-refractivity contribution in [3.8, 4) is 35.5 Å². The molecule has 0 saturated carbocycles. The van der Waals surface area contributed by atoms with Gasteiger partial charge in [0.2, 0.25) is 0 Å². The summed E-state index contributed by atoms with van der Waals surface area (Å²) in [6.07, 6.45) is 4.38. The first-order chi connectivity index (χ1) is 12.3. The van der Waals surface area contributed by atoms with Crippen molar-refractivity contribution in [1.82, 2.24) is 0 Å². The van der Waals surface area contributed by atoms with Gasteiger partial charge in [0, 0.05) is 11.5 Å². The van der Waals surface area contributed by atoms with Crippen LogP contribution in [-0.2, 0) is 9.47 Å². The zero-order valence-electron chi connectivity index (χ0n) is 14.8. The van der Waals surface area contributed by atoms with E-state index in [9.17, 15) is 0 Å². The molecule has 1 aromatic rings. The Morgan fingerprint density at radius 1 is 1.00 bits per heavy atom. The quantitative estimate of drug-likeness (QED) is 0.590. The van der Waals surface area contributed by atoms with Crippen LogP contribution in [0.3, 0.4) is 0 Å². The summed E-state index contributed by atoms with van der Waals surface area (Å²) in [4.78, 5) is 1.25. The Bertz CT molecular complexity index is 683. The standard InChI is InChI=1S/C22H24O2S/c1-20-13-15-21(16-14-20)25-19-11-7-5-3-2-4-6-9-17-23-22-12-8-10-18-24-22/h13-16,22H,4-5,8,10,12,17-19H2,1H3. The van der Waals surface area contributed by atoms with Gasteiger partial charge in [0.05, 0.1) is 18.6 Å². The van der Waals surface area contributed by atoms with Crippen molar-refractivity contribution in [1.29, 1.82) is 0 Å². The number of thioether (sulfide) groups is 1. The van der Waals surface area contributed by atoms with E-state index in [1.165, 1.54) is 16.9 Å². The molecule has 1 atom stereocenters. The van der Waals surface area contributed by atoms with E-state index < -0.39 is 0 Å². The van der Waals surface area contributed by atoms with Crippen molar-refractivity contribution < 1.29 is 9.47 Å². The van der Waals surface area contributed by atoms with E-state index in [1.54, 1.807) is 11.8 Å². The van der Waals surface area contributed by atoms with E-state index in [4.69, 9.17) is 9.47 Å². The van der Waals surface area contributed by atoms with E-state index in [0.717, 1.165) is 25.2 Å². The van der Waals surface area contributed by atoms with Gasteiger partial charge >= 0.3 is 0 Å². The van der Waals surface area contributed by atoms with Crippen molar-refractivity contribution >= 4 is 11.8 Å². The second kappa shape index (κ2) is 12.5. The molecule has 1 aliphatic rings. The zero-order chi connectivity index (χ0) is 17.6. The number of hydrogen-bond donors (Lipinski definition) is 0. The average molecular weight is 352 g/mol. The highest BCUT2D eigenvalue weighted by Crippen LogP contribution is 2.17. The Morgan fingerprint density at radius 3 is 2.44 bits per heavy atom. The lowest BCUT2D eigenvalue weighted by molar-refractivity contribution is -0.154. The second-order valence-corrected chi connectivity index (χ2v) is 6.67. The topological polar surface area (TPSA) is 18.5 Å². The molecule has 3 heteroatoms. The number of rotatable bonds is 4. The molecule has 0 aliphatic carbocycles. The summed E-state index contributed by atoms with van der Waals surface area (Å²) in [7, 11) is 0. The lowest BCUT2D eigenvalue weighted by Crippen LogP contribution is -2.22. The summed E-state index contributed by atoms with van der Waals surface area (Å²) in [5.74, 6) is 19.0. The van der Waals surface area contributed by atoms with Gasteiger partial charge in [-0.3, -0.25) is 0 Å². The summed E-state index contributed by atoms with van der Waals surface area (Å²) in [5, 5.41) is 0. The summed E-state index contributed by atoms with van der Waals surface area (Å²) < 4.78 is 11.0. The van der Waals surface area contributed by atoms with Gasteiger partial charge in [-0.2, -0.15) is 0 Å². The largest absolute Gasteiger partial charge is 0.353 e. The fourth-order valence-corrected chi connectivity index (χ4v) is 2.84. The number of hydrogen-bond acceptors (Lipinski definition) is 3. The second-order valence-electron chi connectivity index (χ2n) is 5.62. The maximum absolute atomic E-state index is 5.53. The monoisotopic (exact) mass is 352 g/mol. The van der Waals surface area contributed by atoms with E-state index in [1.807, 2.05) is 0 Å². The fourth-order valence-electron chi connectivity index (χ4n) is 2.17. The predicted octanol–water partition coefficient (Wildman–Crippen LogP) is 4.42. The van der Waals surface area contributed by atoms with Crippen molar-refractivity contribution in [2.45, 2.75) is 50.2 Å². The Morgan fingerprint density at radius 2 is 1.72 bits per heavy atom. The van der Waals surface area contributed by atoms with Crippen molar-refractivity contribution in [3.05, 3.63) is 29.8 Å². The van der Waals surface area contributed by atoms with Crippen LogP contribution in [0.2, 0.25) is 0 Å². The minimum absolute atomic E-state index is 0.0674. The Labute approximate surface area is 156 Å². The molecule has 1 aromatic carbocycles. The lowest BCUT2D eigenvalue weighted by atomic mass is 10.2. The highest BCUT2D eigenvalue weighted by Gasteiger charge is 2.12. The van der Waals surface area contributed by atoms with Gasteiger partial charge in [-0.25, -0.2) is 0 Å². The highest BCUT2D eigenvalue weighted by molar-refractivity contribution is 7.99. The molecule has 0 radical (unpaired) electrons. The Balaban J connectivity index is 1.51. The average Bonchev–Trinajstić information content (AvgIpc) is 2.65. The van der Waals surface area contributed by atoms with E-state index in [2.05, 4.69) is 66.7 Å². The van der Waals surface area contributed by atoms with Gasteiger partial charge < -0.3 is 9.47 Å². The molecule has 0 bridgehead atoms. The van der Waals surface area contributed by atoms with Gasteiger partial charge in [0.1, 0.15) is 6.61 Å². The van der Waals surface area contributed by atoms with Crippen LogP contribution in [0, 0.1) is 42.4 Å². The van der Waals surface area contributed by atoms with Gasteiger partial charge in [-0.1, -0.05) is 53.2 Å². The maximum Gasteiger partial charge on any atom is 0.158 e. The van der Waals surface area contributed by atoms with Crippen LogP contribution in [0.4, 0.5) is 0 Å². The third-order valence-corrected chi connectivity index (χ3v) is 4.43. The summed E-state index contributed by atoms with van der Waals surface area (Å²) in [5.41, 5.74) is 1.28. The molecule has 1 unspecified atom stereocenters. The normalized spacial score (nSPS) is 15.8. The highest BCUT2D eigenvalue weighted by atomic mass is 32.2. The minimum atomic E-state index is -0.0674. The Kier molecular flexibility index (Phi) is 9.76. The molecule has 2 nitrogen and oxygen atoms in total. The van der Waals surface area contributed by atoms with Crippen LogP contribution in [0.1, 0.15) is 37.7 Å². The third-order valence-electron chi connectivity index (χ3n) is 3.54. The van der Waals surface area contributed by atoms with Crippen molar-refractivity contribution in [2.24, 2.45) is 0 Å². The van der Waals surface area contributed by atoms with Crippen molar-refractivity contribution in [2.75, 3.05) is 19.0 Å². The fraction of sp³-hybridized carbons (Fsp3) is 0.455. The molecule has 0 aromatic heterocycles. The first kappa shape index (κ1) is 19.5. The first-order valence-electron chi connectivity index (χ1n) is 8.64. The smallest absolute Gasteiger partial charge is 0.158 e. The third kappa shape index (κ3) is 9.28.